The van der Waals surface area contributed by atoms with Crippen molar-refractivity contribution < 1.29 is 28.3 Å². The van der Waals surface area contributed by atoms with Crippen LogP contribution in [0, 0.1) is 0 Å². The van der Waals surface area contributed by atoms with Crippen LogP contribution < -0.4 is 21.1 Å². The summed E-state index contributed by atoms with van der Waals surface area (Å²) in [5, 5.41) is 6.02. The number of nitrogens with one attached hydrogen (secondary N) is 2. The number of benzene rings is 2. The molecule has 1 saturated heterocycles. The molecule has 3 aliphatic rings. The van der Waals surface area contributed by atoms with Gasteiger partial charge in [-0.2, -0.15) is 0 Å². The second kappa shape index (κ2) is 16.8. The van der Waals surface area contributed by atoms with Gasteiger partial charge in [0.1, 0.15) is 12.4 Å². The Hall–Kier alpha value is -3.34. The molecular weight excluding hydrogens is 598 g/mol. The van der Waals surface area contributed by atoms with Crippen LogP contribution in [0.15, 0.2) is 53.6 Å². The minimum Gasteiger partial charge on any atom is -0.593 e. The number of para-hydroxylation sites is 1. The summed E-state index contributed by atoms with van der Waals surface area (Å²) in [6.45, 7) is 7.36. The molecule has 0 aliphatic carbocycles. The molecule has 1 atom stereocenters. The zero-order valence-electron chi connectivity index (χ0n) is 25.5. The summed E-state index contributed by atoms with van der Waals surface area (Å²) >= 11 is -1.41. The first kappa shape index (κ1) is 33.0. The molecule has 14 heteroatoms. The summed E-state index contributed by atoms with van der Waals surface area (Å²) in [5.74, 6) is 0.0203. The Bertz CT molecular complexity index is 1390. The number of aromatic nitrogens is 2. The summed E-state index contributed by atoms with van der Waals surface area (Å²) in [5.41, 5.74) is 8.62. The Kier molecular flexibility index (Phi) is 12.3. The van der Waals surface area contributed by atoms with E-state index in [2.05, 4.69) is 25.5 Å². The van der Waals surface area contributed by atoms with Gasteiger partial charge in [-0.05, 0) is 37.4 Å². The summed E-state index contributed by atoms with van der Waals surface area (Å²) < 4.78 is 38.8. The van der Waals surface area contributed by atoms with Gasteiger partial charge in [0, 0.05) is 37.3 Å². The van der Waals surface area contributed by atoms with Crippen LogP contribution in [0.4, 0.5) is 11.5 Å². The topological polar surface area (TPSA) is 159 Å². The molecule has 1 unspecified atom stereocenters. The summed E-state index contributed by atoms with van der Waals surface area (Å²) in [4.78, 5) is 25.2. The third-order valence-electron chi connectivity index (χ3n) is 7.41. The number of amides is 1. The van der Waals surface area contributed by atoms with Crippen LogP contribution in [0.25, 0.3) is 11.3 Å². The number of morpholine rings is 1. The van der Waals surface area contributed by atoms with Gasteiger partial charge >= 0.3 is 0 Å². The molecular formula is C31H41N7O6S. The fourth-order valence-electron chi connectivity index (χ4n) is 5.01. The number of hydrogen-bond donors (Lipinski definition) is 3. The second-order valence-electron chi connectivity index (χ2n) is 10.5. The van der Waals surface area contributed by atoms with Crippen LogP contribution in [-0.4, -0.2) is 116 Å². The van der Waals surface area contributed by atoms with Gasteiger partial charge in [0.15, 0.2) is 16.4 Å². The molecule has 6 rings (SSSR count). The van der Waals surface area contributed by atoms with E-state index in [0.717, 1.165) is 25.2 Å². The van der Waals surface area contributed by atoms with Gasteiger partial charge in [-0.25, -0.2) is 9.97 Å². The first-order chi connectivity index (χ1) is 22.0. The van der Waals surface area contributed by atoms with E-state index in [0.29, 0.717) is 86.9 Å². The van der Waals surface area contributed by atoms with E-state index in [9.17, 15) is 9.35 Å². The first-order valence-corrected chi connectivity index (χ1v) is 16.2. The molecule has 4 heterocycles. The second-order valence-corrected chi connectivity index (χ2v) is 12.0. The number of ether oxygens (including phenoxy) is 4. The van der Waals surface area contributed by atoms with Gasteiger partial charge in [-0.15, -0.1) is 4.31 Å². The fourth-order valence-corrected chi connectivity index (χ4v) is 6.16. The van der Waals surface area contributed by atoms with Gasteiger partial charge < -0.3 is 39.9 Å². The summed E-state index contributed by atoms with van der Waals surface area (Å²) in [6, 6.07) is 12.8. The molecule has 2 aromatic carbocycles. The number of nitrogen functional groups attached to an aromatic ring is 1. The minimum atomic E-state index is -1.41. The number of fused-ring (bicyclic) bond motifs is 13. The Morgan fingerprint density at radius 2 is 1.67 bits per heavy atom. The Balaban J connectivity index is 1.39. The smallest absolute Gasteiger partial charge is 0.278 e. The van der Waals surface area contributed by atoms with Crippen molar-refractivity contribution in [2.45, 2.75) is 11.4 Å². The van der Waals surface area contributed by atoms with E-state index in [1.165, 1.54) is 6.20 Å². The van der Waals surface area contributed by atoms with E-state index in [1.807, 2.05) is 47.8 Å². The quantitative estimate of drug-likeness (QED) is 0.275. The summed E-state index contributed by atoms with van der Waals surface area (Å²) in [6.07, 6.45) is 1.52. The first-order valence-electron chi connectivity index (χ1n) is 15.1. The maximum atomic E-state index is 13.7. The molecule has 242 valence electrons. The lowest BCUT2D eigenvalue weighted by atomic mass is 10.1. The van der Waals surface area contributed by atoms with Gasteiger partial charge in [0.2, 0.25) is 0 Å². The van der Waals surface area contributed by atoms with E-state index < -0.39 is 17.3 Å². The maximum Gasteiger partial charge on any atom is 0.278 e. The maximum absolute atomic E-state index is 13.7. The van der Waals surface area contributed by atoms with Crippen molar-refractivity contribution in [1.82, 2.24) is 24.5 Å². The van der Waals surface area contributed by atoms with Crippen LogP contribution in [-0.2, 0) is 32.1 Å². The molecule has 4 bridgehead atoms. The van der Waals surface area contributed by atoms with Crippen molar-refractivity contribution in [3.05, 3.63) is 59.9 Å². The van der Waals surface area contributed by atoms with Crippen LogP contribution in [0.1, 0.15) is 16.1 Å². The molecule has 4 N–H and O–H groups in total. The van der Waals surface area contributed by atoms with E-state index in [-0.39, 0.29) is 18.1 Å². The van der Waals surface area contributed by atoms with Gasteiger partial charge in [0.05, 0.1) is 81.7 Å². The molecule has 1 fully saturated rings. The molecule has 45 heavy (non-hydrogen) atoms. The molecule has 1 amide bonds. The summed E-state index contributed by atoms with van der Waals surface area (Å²) in [7, 11) is 1.84. The Morgan fingerprint density at radius 3 is 2.44 bits per heavy atom. The molecule has 0 spiro atoms. The van der Waals surface area contributed by atoms with E-state index in [4.69, 9.17) is 24.7 Å². The van der Waals surface area contributed by atoms with Crippen molar-refractivity contribution in [1.29, 1.82) is 0 Å². The highest BCUT2D eigenvalue weighted by atomic mass is 32.2. The highest BCUT2D eigenvalue weighted by Crippen LogP contribution is 2.30. The predicted octanol–water partition coefficient (Wildman–Crippen LogP) is 1.78. The van der Waals surface area contributed by atoms with E-state index in [1.54, 1.807) is 6.07 Å². The van der Waals surface area contributed by atoms with Crippen molar-refractivity contribution in [3.8, 4) is 17.0 Å². The highest BCUT2D eigenvalue weighted by Gasteiger charge is 2.25. The van der Waals surface area contributed by atoms with Crippen molar-refractivity contribution in [3.63, 3.8) is 0 Å². The number of hydrogen-bond acceptors (Lipinski definition) is 12. The van der Waals surface area contributed by atoms with Crippen LogP contribution >= 0.6 is 0 Å². The third-order valence-corrected chi connectivity index (χ3v) is 8.92. The van der Waals surface area contributed by atoms with Gasteiger partial charge in [-0.3, -0.25) is 9.69 Å². The molecule has 3 aliphatic heterocycles. The average Bonchev–Trinajstić information content (AvgIpc) is 3.06. The molecule has 3 aromatic rings. The molecule has 13 nitrogen and oxygen atoms in total. The minimum absolute atomic E-state index is 0.00353. The SMILES string of the molecule is CNCc1cccc2c1OCCOCCOCCN(CCN1CCOCC1)[S+]([O-])c1ccc(cc1)-c1cnc(N)c(n1)C(=O)N2. The van der Waals surface area contributed by atoms with Crippen molar-refractivity contribution in [2.75, 3.05) is 97.1 Å². The number of rotatable bonds is 5. The van der Waals surface area contributed by atoms with Crippen molar-refractivity contribution in [2.24, 2.45) is 0 Å². The third kappa shape index (κ3) is 9.11. The number of nitrogens with two attached hydrogens (primary N) is 1. The van der Waals surface area contributed by atoms with Crippen molar-refractivity contribution >= 4 is 28.8 Å². The lowest BCUT2D eigenvalue weighted by molar-refractivity contribution is 0.0285. The number of nitrogens with zero attached hydrogens (tertiary/aromatic N) is 4. The Morgan fingerprint density at radius 1 is 0.956 bits per heavy atom. The zero-order valence-corrected chi connectivity index (χ0v) is 26.4. The highest BCUT2D eigenvalue weighted by molar-refractivity contribution is 7.89. The van der Waals surface area contributed by atoms with E-state index >= 15 is 0 Å². The van der Waals surface area contributed by atoms with Gasteiger partial charge in [-0.1, -0.05) is 12.1 Å². The predicted molar refractivity (Wildman–Crippen MR) is 171 cm³/mol. The number of carbonyl (C=O) groups excluding carboxylic acids is 1. The molecule has 1 aromatic heterocycles. The average molecular weight is 640 g/mol. The molecule has 0 radical (unpaired) electrons. The van der Waals surface area contributed by atoms with Crippen LogP contribution in [0.3, 0.4) is 0 Å². The monoisotopic (exact) mass is 639 g/mol. The van der Waals surface area contributed by atoms with Crippen LogP contribution in [0.5, 0.6) is 5.75 Å². The number of anilines is 2. The zero-order chi connectivity index (χ0) is 31.4. The lowest BCUT2D eigenvalue weighted by Crippen LogP contribution is -2.44. The number of carbonyl (C=O) groups is 1. The standard InChI is InChI=1S/C31H41N7O6S/c1-33-21-24-3-2-4-26-29(24)44-20-19-43-18-17-42-16-13-38(10-9-37-11-14-41-15-12-37)45(40)25-7-5-23(6-8-25)27-22-34-30(32)28(35-27)31(39)36-26/h2-8,22,33H,9-21H2,1H3,(H2,32,34)(H,36,39). The fraction of sp³-hybridized carbons (Fsp3) is 0.452. The van der Waals surface area contributed by atoms with Gasteiger partial charge in [0.25, 0.3) is 5.91 Å². The normalized spacial score (nSPS) is 19.5. The Labute approximate surface area is 266 Å². The largest absolute Gasteiger partial charge is 0.593 e. The lowest BCUT2D eigenvalue weighted by Gasteiger charge is -2.30. The van der Waals surface area contributed by atoms with Crippen LogP contribution in [0.2, 0.25) is 0 Å². The molecule has 0 saturated carbocycles.